The van der Waals surface area contributed by atoms with Gasteiger partial charge >= 0.3 is 0 Å². The normalized spacial score (nSPS) is 10.8. The number of nitrogens with two attached hydrogens (primary N) is 1. The first kappa shape index (κ1) is 12.1. The van der Waals surface area contributed by atoms with Crippen molar-refractivity contribution in [2.75, 3.05) is 0 Å². The van der Waals surface area contributed by atoms with Crippen LogP contribution < -0.4 is 5.73 Å². The van der Waals surface area contributed by atoms with Crippen LogP contribution in [0.2, 0.25) is 0 Å². The van der Waals surface area contributed by atoms with Gasteiger partial charge in [0.1, 0.15) is 11.4 Å². The Morgan fingerprint density at radius 1 is 1.05 bits per heavy atom. The van der Waals surface area contributed by atoms with Crippen molar-refractivity contribution in [1.29, 1.82) is 0 Å². The molecule has 3 aromatic rings. The van der Waals surface area contributed by atoms with Crippen LogP contribution in [0.5, 0.6) is 0 Å². The molecule has 2 N–H and O–H groups in total. The van der Waals surface area contributed by atoms with Crippen LogP contribution in [0, 0.1) is 0 Å². The third-order valence-corrected chi connectivity index (χ3v) is 3.73. The minimum atomic E-state index is 0.443. The van der Waals surface area contributed by atoms with Crippen molar-refractivity contribution in [1.82, 2.24) is 15.0 Å². The molecule has 0 unspecified atom stereocenters. The molecule has 0 fully saturated rings. The van der Waals surface area contributed by atoms with Gasteiger partial charge in [0, 0.05) is 23.0 Å². The molecule has 0 spiro atoms. The zero-order chi connectivity index (χ0) is 13.1. The molecule has 0 bridgehead atoms. The zero-order valence-corrected chi connectivity index (χ0v) is 11.0. The van der Waals surface area contributed by atoms with Crippen LogP contribution in [0.3, 0.4) is 0 Å². The third-order valence-electron chi connectivity index (χ3n) is 2.72. The average Bonchev–Trinajstić information content (AvgIpc) is 2.48. The second kappa shape index (κ2) is 5.34. The molecule has 0 atom stereocenters. The number of benzene rings is 1. The number of para-hydroxylation sites is 1. The molecule has 0 aliphatic rings. The Bertz CT molecular complexity index is 709. The summed E-state index contributed by atoms with van der Waals surface area (Å²) < 4.78 is 0. The van der Waals surface area contributed by atoms with Crippen molar-refractivity contribution in [3.8, 4) is 0 Å². The van der Waals surface area contributed by atoms with Crippen molar-refractivity contribution in [2.45, 2.75) is 16.5 Å². The number of hydrogen-bond donors (Lipinski definition) is 1. The SMILES string of the molecule is NCc1cc(Sc2ncnc3ccccc23)ccn1. The van der Waals surface area contributed by atoms with E-state index >= 15 is 0 Å². The molecule has 0 aliphatic carbocycles. The van der Waals surface area contributed by atoms with Gasteiger partial charge in [-0.2, -0.15) is 0 Å². The van der Waals surface area contributed by atoms with Crippen LogP contribution in [0.1, 0.15) is 5.69 Å². The first-order valence-corrected chi connectivity index (χ1v) is 6.71. The van der Waals surface area contributed by atoms with E-state index in [1.165, 1.54) is 0 Å². The van der Waals surface area contributed by atoms with Gasteiger partial charge in [0.05, 0.1) is 11.2 Å². The maximum absolute atomic E-state index is 5.61. The number of nitrogens with zero attached hydrogens (tertiary/aromatic N) is 3. The third kappa shape index (κ3) is 2.57. The number of pyridine rings is 1. The lowest BCUT2D eigenvalue weighted by molar-refractivity contribution is 0.976. The highest BCUT2D eigenvalue weighted by molar-refractivity contribution is 7.99. The van der Waals surface area contributed by atoms with Gasteiger partial charge in [0.25, 0.3) is 0 Å². The lowest BCUT2D eigenvalue weighted by atomic mass is 10.2. The lowest BCUT2D eigenvalue weighted by Crippen LogP contribution is -1.98. The van der Waals surface area contributed by atoms with Crippen molar-refractivity contribution in [3.05, 3.63) is 54.6 Å². The van der Waals surface area contributed by atoms with Gasteiger partial charge in [0.2, 0.25) is 0 Å². The summed E-state index contributed by atoms with van der Waals surface area (Å²) in [5, 5.41) is 2.00. The largest absolute Gasteiger partial charge is 0.325 e. The van der Waals surface area contributed by atoms with Gasteiger partial charge in [-0.15, -0.1) is 0 Å². The fourth-order valence-electron chi connectivity index (χ4n) is 1.80. The summed E-state index contributed by atoms with van der Waals surface area (Å²) >= 11 is 1.60. The van der Waals surface area contributed by atoms with E-state index in [0.29, 0.717) is 6.54 Å². The summed E-state index contributed by atoms with van der Waals surface area (Å²) in [4.78, 5) is 13.9. The average molecular weight is 268 g/mol. The predicted octanol–water partition coefficient (Wildman–Crippen LogP) is 2.63. The molecule has 19 heavy (non-hydrogen) atoms. The number of hydrogen-bond acceptors (Lipinski definition) is 5. The van der Waals surface area contributed by atoms with Gasteiger partial charge in [-0.3, -0.25) is 4.98 Å². The van der Waals surface area contributed by atoms with Gasteiger partial charge in [0.15, 0.2) is 0 Å². The van der Waals surface area contributed by atoms with E-state index in [1.54, 1.807) is 24.3 Å². The number of rotatable bonds is 3. The van der Waals surface area contributed by atoms with Crippen molar-refractivity contribution in [2.24, 2.45) is 5.73 Å². The molecule has 94 valence electrons. The summed E-state index contributed by atoms with van der Waals surface area (Å²) in [6.45, 7) is 0.443. The Morgan fingerprint density at radius 3 is 2.84 bits per heavy atom. The predicted molar refractivity (Wildman–Crippen MR) is 75.8 cm³/mol. The minimum absolute atomic E-state index is 0.443. The van der Waals surface area contributed by atoms with Gasteiger partial charge in [-0.1, -0.05) is 30.0 Å². The van der Waals surface area contributed by atoms with Crippen LogP contribution >= 0.6 is 11.8 Å². The van der Waals surface area contributed by atoms with Crippen molar-refractivity contribution in [3.63, 3.8) is 0 Å². The molecule has 1 aromatic carbocycles. The molecule has 0 saturated carbocycles. The van der Waals surface area contributed by atoms with E-state index in [-0.39, 0.29) is 0 Å². The fraction of sp³-hybridized carbons (Fsp3) is 0.0714. The molecular weight excluding hydrogens is 256 g/mol. The molecule has 0 radical (unpaired) electrons. The van der Waals surface area contributed by atoms with Crippen LogP contribution in [0.4, 0.5) is 0 Å². The van der Waals surface area contributed by atoms with E-state index < -0.39 is 0 Å². The van der Waals surface area contributed by atoms with E-state index in [9.17, 15) is 0 Å². The van der Waals surface area contributed by atoms with Crippen LogP contribution in [0.25, 0.3) is 10.9 Å². The lowest BCUT2D eigenvalue weighted by Gasteiger charge is -2.05. The van der Waals surface area contributed by atoms with E-state index in [2.05, 4.69) is 15.0 Å². The van der Waals surface area contributed by atoms with Crippen LogP contribution in [0.15, 0.2) is 58.8 Å². The first-order valence-electron chi connectivity index (χ1n) is 5.89. The molecular formula is C14H12N4S. The molecule has 2 aromatic heterocycles. The highest BCUT2D eigenvalue weighted by Crippen LogP contribution is 2.30. The van der Waals surface area contributed by atoms with Gasteiger partial charge in [-0.05, 0) is 18.2 Å². The molecule has 0 saturated heterocycles. The molecule has 3 rings (SSSR count). The molecule has 0 amide bonds. The maximum atomic E-state index is 5.61. The monoisotopic (exact) mass is 268 g/mol. The molecule has 2 heterocycles. The van der Waals surface area contributed by atoms with Crippen LogP contribution in [-0.4, -0.2) is 15.0 Å². The summed E-state index contributed by atoms with van der Waals surface area (Å²) in [7, 11) is 0. The van der Waals surface area contributed by atoms with Crippen LogP contribution in [-0.2, 0) is 6.54 Å². The Hall–Kier alpha value is -1.98. The topological polar surface area (TPSA) is 64.7 Å². The van der Waals surface area contributed by atoms with Crippen molar-refractivity contribution >= 4 is 22.7 Å². The Balaban J connectivity index is 2.01. The van der Waals surface area contributed by atoms with Crippen molar-refractivity contribution < 1.29 is 0 Å². The van der Waals surface area contributed by atoms with E-state index in [0.717, 1.165) is 26.5 Å². The van der Waals surface area contributed by atoms with Gasteiger partial charge in [-0.25, -0.2) is 9.97 Å². The zero-order valence-electron chi connectivity index (χ0n) is 10.2. The summed E-state index contributed by atoms with van der Waals surface area (Å²) in [5.41, 5.74) is 7.44. The molecule has 4 nitrogen and oxygen atoms in total. The van der Waals surface area contributed by atoms with E-state index in [4.69, 9.17) is 5.73 Å². The second-order valence-electron chi connectivity index (χ2n) is 3.99. The highest BCUT2D eigenvalue weighted by Gasteiger charge is 2.05. The fourth-order valence-corrected chi connectivity index (χ4v) is 2.73. The summed E-state index contributed by atoms with van der Waals surface area (Å²) in [5.74, 6) is 0. The summed E-state index contributed by atoms with van der Waals surface area (Å²) in [6, 6.07) is 11.9. The quantitative estimate of drug-likeness (QED) is 0.740. The molecule has 0 aliphatic heterocycles. The Kier molecular flexibility index (Phi) is 3.39. The first-order chi connectivity index (χ1) is 9.36. The number of fused-ring (bicyclic) bond motifs is 1. The standard InChI is InChI=1S/C14H12N4S/c15-8-10-7-11(5-6-16-10)19-14-12-3-1-2-4-13(12)17-9-18-14/h1-7,9H,8,15H2. The Labute approximate surface area is 115 Å². The summed E-state index contributed by atoms with van der Waals surface area (Å²) in [6.07, 6.45) is 3.36. The second-order valence-corrected chi connectivity index (χ2v) is 5.05. The smallest absolute Gasteiger partial charge is 0.117 e. The Morgan fingerprint density at radius 2 is 1.95 bits per heavy atom. The molecule has 5 heteroatoms. The minimum Gasteiger partial charge on any atom is -0.325 e. The van der Waals surface area contributed by atoms with E-state index in [1.807, 2.05) is 36.4 Å². The van der Waals surface area contributed by atoms with Gasteiger partial charge < -0.3 is 5.73 Å². The highest BCUT2D eigenvalue weighted by atomic mass is 32.2. The maximum Gasteiger partial charge on any atom is 0.117 e. The number of aromatic nitrogens is 3.